The van der Waals surface area contributed by atoms with E-state index in [2.05, 4.69) is 15.3 Å². The number of ether oxygens (including phenoxy) is 2. The highest BCUT2D eigenvalue weighted by Crippen LogP contribution is 2.17. The minimum Gasteiger partial charge on any atom is -0.481 e. The van der Waals surface area contributed by atoms with E-state index in [0.29, 0.717) is 37.2 Å². The second-order valence-electron chi connectivity index (χ2n) is 4.54. The van der Waals surface area contributed by atoms with Crippen LogP contribution in [0.4, 0.5) is 5.95 Å². The Kier molecular flexibility index (Phi) is 4.97. The van der Waals surface area contributed by atoms with Crippen LogP contribution in [0.25, 0.3) is 0 Å². The first-order chi connectivity index (χ1) is 9.72. The zero-order valence-corrected chi connectivity index (χ0v) is 11.9. The molecule has 1 N–H and O–H groups in total. The Morgan fingerprint density at radius 2 is 1.95 bits per heavy atom. The summed E-state index contributed by atoms with van der Waals surface area (Å²) >= 11 is 0. The first-order valence-corrected chi connectivity index (χ1v) is 6.71. The van der Waals surface area contributed by atoms with Gasteiger partial charge in [-0.2, -0.15) is 9.97 Å². The number of methoxy groups -OCH3 is 2. The molecule has 1 aromatic rings. The Morgan fingerprint density at radius 1 is 1.25 bits per heavy atom. The number of piperidine rings is 1. The minimum absolute atomic E-state index is 0.224. The van der Waals surface area contributed by atoms with E-state index in [1.165, 1.54) is 14.2 Å². The van der Waals surface area contributed by atoms with Crippen LogP contribution < -0.4 is 14.8 Å². The van der Waals surface area contributed by atoms with Crippen molar-refractivity contribution in [3.05, 3.63) is 6.07 Å². The van der Waals surface area contributed by atoms with Gasteiger partial charge >= 0.3 is 0 Å². The fourth-order valence-electron chi connectivity index (χ4n) is 2.09. The molecule has 1 saturated heterocycles. The molecule has 0 radical (unpaired) electrons. The van der Waals surface area contributed by atoms with Gasteiger partial charge in [0.2, 0.25) is 23.6 Å². The van der Waals surface area contributed by atoms with Crippen molar-refractivity contribution in [3.8, 4) is 11.8 Å². The summed E-state index contributed by atoms with van der Waals surface area (Å²) in [6, 6.07) is 1.61. The number of amides is 1. The highest BCUT2D eigenvalue weighted by Gasteiger charge is 2.17. The van der Waals surface area contributed by atoms with Crippen molar-refractivity contribution in [1.82, 2.24) is 14.9 Å². The van der Waals surface area contributed by atoms with Crippen LogP contribution in [0.2, 0.25) is 0 Å². The summed E-state index contributed by atoms with van der Waals surface area (Å²) in [5.74, 6) is 1.54. The number of hydrogen-bond acceptors (Lipinski definition) is 6. The number of carbonyl (C=O) groups is 1. The molecule has 1 fully saturated rings. The normalized spacial score (nSPS) is 15.1. The van der Waals surface area contributed by atoms with Crippen molar-refractivity contribution in [1.29, 1.82) is 0 Å². The Balaban J connectivity index is 1.88. The van der Waals surface area contributed by atoms with Crippen molar-refractivity contribution in [2.24, 2.45) is 0 Å². The molecule has 0 aliphatic carbocycles. The molecular weight excluding hydrogens is 260 g/mol. The van der Waals surface area contributed by atoms with Crippen molar-refractivity contribution < 1.29 is 14.3 Å². The largest absolute Gasteiger partial charge is 0.481 e. The van der Waals surface area contributed by atoms with Crippen molar-refractivity contribution in [2.75, 3.05) is 39.2 Å². The number of nitrogens with zero attached hydrogens (tertiary/aromatic N) is 3. The minimum atomic E-state index is 0.224. The van der Waals surface area contributed by atoms with Crippen molar-refractivity contribution in [2.45, 2.75) is 19.3 Å². The Morgan fingerprint density at radius 3 is 2.55 bits per heavy atom. The average molecular weight is 280 g/mol. The lowest BCUT2D eigenvalue weighted by Gasteiger charge is -2.26. The fourth-order valence-corrected chi connectivity index (χ4v) is 2.09. The van der Waals surface area contributed by atoms with Gasteiger partial charge in [-0.05, 0) is 12.8 Å². The molecule has 0 aromatic carbocycles. The van der Waals surface area contributed by atoms with Crippen LogP contribution in [-0.2, 0) is 4.79 Å². The van der Waals surface area contributed by atoms with Crippen LogP contribution in [0.5, 0.6) is 11.8 Å². The zero-order chi connectivity index (χ0) is 14.4. The molecule has 110 valence electrons. The number of anilines is 1. The van der Waals surface area contributed by atoms with Gasteiger partial charge < -0.3 is 19.7 Å². The predicted molar refractivity (Wildman–Crippen MR) is 74.1 cm³/mol. The first kappa shape index (κ1) is 14.4. The molecule has 20 heavy (non-hydrogen) atoms. The molecule has 0 spiro atoms. The van der Waals surface area contributed by atoms with Crippen LogP contribution in [0.3, 0.4) is 0 Å². The standard InChI is InChI=1S/C13H20N4O3/c1-19-10-9-11(20-2)16-13(15-10)14-6-8-17-7-4-3-5-12(17)18/h9H,3-8H2,1-2H3,(H,14,15,16). The second kappa shape index (κ2) is 6.93. The van der Waals surface area contributed by atoms with E-state index >= 15 is 0 Å². The van der Waals surface area contributed by atoms with E-state index in [1.54, 1.807) is 6.07 Å². The van der Waals surface area contributed by atoms with Gasteiger partial charge in [0.15, 0.2) is 0 Å². The zero-order valence-electron chi connectivity index (χ0n) is 11.9. The second-order valence-corrected chi connectivity index (χ2v) is 4.54. The molecule has 1 aromatic heterocycles. The van der Waals surface area contributed by atoms with Gasteiger partial charge in [-0.25, -0.2) is 0 Å². The Bertz CT molecular complexity index is 445. The lowest BCUT2D eigenvalue weighted by Crippen LogP contribution is -2.38. The number of likely N-dealkylation sites (tertiary alicyclic amines) is 1. The van der Waals surface area contributed by atoms with Crippen molar-refractivity contribution in [3.63, 3.8) is 0 Å². The van der Waals surface area contributed by atoms with E-state index < -0.39 is 0 Å². The maximum atomic E-state index is 11.7. The summed E-state index contributed by atoms with van der Waals surface area (Å²) in [7, 11) is 3.08. The first-order valence-electron chi connectivity index (χ1n) is 6.71. The third-order valence-corrected chi connectivity index (χ3v) is 3.18. The summed E-state index contributed by atoms with van der Waals surface area (Å²) in [6.07, 6.45) is 2.73. The third kappa shape index (κ3) is 3.72. The average Bonchev–Trinajstić information content (AvgIpc) is 2.48. The van der Waals surface area contributed by atoms with Gasteiger partial charge in [-0.1, -0.05) is 0 Å². The molecule has 2 heterocycles. The third-order valence-electron chi connectivity index (χ3n) is 3.18. The van der Waals surface area contributed by atoms with E-state index in [0.717, 1.165) is 19.4 Å². The molecule has 2 rings (SSSR count). The molecule has 0 unspecified atom stereocenters. The summed E-state index contributed by atoms with van der Waals surface area (Å²) in [5, 5.41) is 3.09. The molecule has 0 atom stereocenters. The molecule has 1 amide bonds. The van der Waals surface area contributed by atoms with Crippen LogP contribution >= 0.6 is 0 Å². The molecule has 1 aliphatic rings. The Labute approximate surface area is 118 Å². The lowest BCUT2D eigenvalue weighted by atomic mass is 10.1. The SMILES string of the molecule is COc1cc(OC)nc(NCCN2CCCCC2=O)n1. The molecular formula is C13H20N4O3. The lowest BCUT2D eigenvalue weighted by molar-refractivity contribution is -0.133. The number of rotatable bonds is 6. The summed E-state index contributed by atoms with van der Waals surface area (Å²) in [6.45, 7) is 2.09. The van der Waals surface area contributed by atoms with Crippen LogP contribution in [-0.4, -0.2) is 54.6 Å². The van der Waals surface area contributed by atoms with Gasteiger partial charge in [0, 0.05) is 26.1 Å². The molecule has 7 nitrogen and oxygen atoms in total. The van der Waals surface area contributed by atoms with Gasteiger partial charge in [0.25, 0.3) is 0 Å². The van der Waals surface area contributed by atoms with Gasteiger partial charge in [0.05, 0.1) is 20.3 Å². The number of carbonyl (C=O) groups excluding carboxylic acids is 1. The maximum absolute atomic E-state index is 11.7. The number of hydrogen-bond donors (Lipinski definition) is 1. The highest BCUT2D eigenvalue weighted by atomic mass is 16.5. The summed E-state index contributed by atoms with van der Waals surface area (Å²) in [4.78, 5) is 21.9. The molecule has 0 bridgehead atoms. The summed E-state index contributed by atoms with van der Waals surface area (Å²) in [5.41, 5.74) is 0. The number of aromatic nitrogens is 2. The molecule has 1 aliphatic heterocycles. The highest BCUT2D eigenvalue weighted by molar-refractivity contribution is 5.76. The van der Waals surface area contributed by atoms with Crippen LogP contribution in [0, 0.1) is 0 Å². The van der Waals surface area contributed by atoms with E-state index in [9.17, 15) is 4.79 Å². The van der Waals surface area contributed by atoms with Crippen molar-refractivity contribution >= 4 is 11.9 Å². The van der Waals surface area contributed by atoms with E-state index in [4.69, 9.17) is 9.47 Å². The number of nitrogens with one attached hydrogen (secondary N) is 1. The van der Waals surface area contributed by atoms with E-state index in [1.807, 2.05) is 4.90 Å². The summed E-state index contributed by atoms with van der Waals surface area (Å²) < 4.78 is 10.2. The van der Waals surface area contributed by atoms with Crippen LogP contribution in [0.15, 0.2) is 6.07 Å². The molecule has 7 heteroatoms. The van der Waals surface area contributed by atoms with Crippen LogP contribution in [0.1, 0.15) is 19.3 Å². The van der Waals surface area contributed by atoms with Gasteiger partial charge in [-0.15, -0.1) is 0 Å². The van der Waals surface area contributed by atoms with E-state index in [-0.39, 0.29) is 5.91 Å². The van der Waals surface area contributed by atoms with Gasteiger partial charge in [0.1, 0.15) is 0 Å². The quantitative estimate of drug-likeness (QED) is 0.835. The topological polar surface area (TPSA) is 76.6 Å². The predicted octanol–water partition coefficient (Wildman–Crippen LogP) is 0.918. The Hall–Kier alpha value is -2.05. The molecule has 0 saturated carbocycles. The monoisotopic (exact) mass is 280 g/mol. The maximum Gasteiger partial charge on any atom is 0.229 e. The smallest absolute Gasteiger partial charge is 0.229 e. The van der Waals surface area contributed by atoms with Gasteiger partial charge in [-0.3, -0.25) is 4.79 Å². The fraction of sp³-hybridized carbons (Fsp3) is 0.615.